The van der Waals surface area contributed by atoms with Crippen molar-refractivity contribution in [2.45, 2.75) is 53.6 Å². The van der Waals surface area contributed by atoms with Gasteiger partial charge in [0.05, 0.1) is 0 Å². The Morgan fingerprint density at radius 3 is 2.67 bits per heavy atom. The molecule has 1 aromatic heterocycles. The normalized spacial score (nSPS) is 12.2. The van der Waals surface area contributed by atoms with E-state index in [9.17, 15) is 0 Å². The minimum atomic E-state index is 0.343. The molecule has 2 nitrogen and oxygen atoms in total. The molecular weight excluding hydrogens is 280 g/mol. The first kappa shape index (κ1) is 16.4. The zero-order valence-corrected chi connectivity index (χ0v) is 14.4. The van der Waals surface area contributed by atoms with Crippen LogP contribution in [-0.4, -0.2) is 11.1 Å². The maximum atomic E-state index is 6.19. The van der Waals surface area contributed by atoms with Gasteiger partial charge in [0.2, 0.25) is 0 Å². The molecule has 2 aromatic rings. The smallest absolute Gasteiger partial charge is 0.0498 e. The highest BCUT2D eigenvalue weighted by Crippen LogP contribution is 2.27. The number of fused-ring (bicyclic) bond motifs is 1. The van der Waals surface area contributed by atoms with Crippen molar-refractivity contribution in [3.8, 4) is 0 Å². The van der Waals surface area contributed by atoms with E-state index in [1.54, 1.807) is 0 Å². The Bertz CT molecular complexity index is 593. The zero-order valence-electron chi connectivity index (χ0n) is 13.7. The van der Waals surface area contributed by atoms with Crippen LogP contribution in [0.1, 0.15) is 46.1 Å². The van der Waals surface area contributed by atoms with E-state index in [4.69, 9.17) is 11.6 Å². The number of rotatable bonds is 6. The molecule has 0 fully saturated rings. The summed E-state index contributed by atoms with van der Waals surface area (Å²) in [4.78, 5) is 0. The lowest BCUT2D eigenvalue weighted by Gasteiger charge is -2.18. The van der Waals surface area contributed by atoms with Crippen LogP contribution in [0.3, 0.4) is 0 Å². The SMILES string of the molecule is CCCNCc1cn(CCC(C)(C)C)c2cc(Cl)ccc12. The topological polar surface area (TPSA) is 17.0 Å². The first-order chi connectivity index (χ1) is 9.90. The number of hydrogen-bond donors (Lipinski definition) is 1. The second-order valence-electron chi connectivity index (χ2n) is 7.00. The Labute approximate surface area is 133 Å². The molecule has 0 unspecified atom stereocenters. The van der Waals surface area contributed by atoms with Crippen molar-refractivity contribution in [3.05, 3.63) is 35.0 Å². The Morgan fingerprint density at radius 1 is 1.24 bits per heavy atom. The van der Waals surface area contributed by atoms with Crippen LogP contribution in [0.25, 0.3) is 10.9 Å². The van der Waals surface area contributed by atoms with Gasteiger partial charge in [-0.2, -0.15) is 0 Å². The van der Waals surface area contributed by atoms with Crippen LogP contribution in [0, 0.1) is 5.41 Å². The van der Waals surface area contributed by atoms with Gasteiger partial charge in [-0.25, -0.2) is 0 Å². The summed E-state index contributed by atoms with van der Waals surface area (Å²) in [5, 5.41) is 5.62. The number of nitrogens with one attached hydrogen (secondary N) is 1. The van der Waals surface area contributed by atoms with Crippen molar-refractivity contribution in [2.24, 2.45) is 5.41 Å². The number of hydrogen-bond acceptors (Lipinski definition) is 1. The van der Waals surface area contributed by atoms with Gasteiger partial charge in [-0.05, 0) is 42.5 Å². The summed E-state index contributed by atoms with van der Waals surface area (Å²) in [5.74, 6) is 0. The predicted molar refractivity (Wildman–Crippen MR) is 93.0 cm³/mol. The van der Waals surface area contributed by atoms with Crippen LogP contribution in [0.15, 0.2) is 24.4 Å². The molecule has 0 aliphatic heterocycles. The van der Waals surface area contributed by atoms with Gasteiger partial charge < -0.3 is 9.88 Å². The molecule has 3 heteroatoms. The molecule has 1 aromatic carbocycles. The highest BCUT2D eigenvalue weighted by molar-refractivity contribution is 6.31. The fourth-order valence-electron chi connectivity index (χ4n) is 2.52. The zero-order chi connectivity index (χ0) is 15.5. The summed E-state index contributed by atoms with van der Waals surface area (Å²) in [6.07, 6.45) is 4.61. The molecule has 0 atom stereocenters. The van der Waals surface area contributed by atoms with Gasteiger partial charge >= 0.3 is 0 Å². The van der Waals surface area contributed by atoms with E-state index in [2.05, 4.69) is 55.9 Å². The average Bonchev–Trinajstić information content (AvgIpc) is 2.73. The standard InChI is InChI=1S/C18H27ClN2/c1-5-9-20-12-14-13-21(10-8-18(2,3)4)17-11-15(19)6-7-16(14)17/h6-7,11,13,20H,5,8-10,12H2,1-4H3. The third-order valence-electron chi connectivity index (χ3n) is 3.77. The van der Waals surface area contributed by atoms with Crippen LogP contribution in [0.2, 0.25) is 5.02 Å². The third kappa shape index (κ3) is 4.49. The van der Waals surface area contributed by atoms with E-state index in [1.807, 2.05) is 6.07 Å². The van der Waals surface area contributed by atoms with Gasteiger partial charge in [0.25, 0.3) is 0 Å². The molecular formula is C18H27ClN2. The molecule has 1 N–H and O–H groups in total. The maximum absolute atomic E-state index is 6.19. The molecule has 21 heavy (non-hydrogen) atoms. The summed E-state index contributed by atoms with van der Waals surface area (Å²) in [5.41, 5.74) is 2.96. The second-order valence-corrected chi connectivity index (χ2v) is 7.43. The average molecular weight is 307 g/mol. The predicted octanol–water partition coefficient (Wildman–Crippen LogP) is 5.23. The highest BCUT2D eigenvalue weighted by atomic mass is 35.5. The lowest BCUT2D eigenvalue weighted by atomic mass is 9.92. The quantitative estimate of drug-likeness (QED) is 0.723. The minimum Gasteiger partial charge on any atom is -0.347 e. The number of nitrogens with zero attached hydrogens (tertiary/aromatic N) is 1. The van der Waals surface area contributed by atoms with Crippen molar-refractivity contribution >= 4 is 22.5 Å². The molecule has 0 spiro atoms. The summed E-state index contributed by atoms with van der Waals surface area (Å²) < 4.78 is 2.36. The first-order valence-electron chi connectivity index (χ1n) is 7.89. The second kappa shape index (κ2) is 6.85. The lowest BCUT2D eigenvalue weighted by molar-refractivity contribution is 0.353. The first-order valence-corrected chi connectivity index (χ1v) is 8.26. The molecule has 116 valence electrons. The molecule has 1 heterocycles. The van der Waals surface area contributed by atoms with Gasteiger partial charge in [-0.3, -0.25) is 0 Å². The molecule has 0 amide bonds. The fourth-order valence-corrected chi connectivity index (χ4v) is 2.69. The van der Waals surface area contributed by atoms with Crippen molar-refractivity contribution in [1.82, 2.24) is 9.88 Å². The van der Waals surface area contributed by atoms with Gasteiger partial charge in [0.1, 0.15) is 0 Å². The van der Waals surface area contributed by atoms with E-state index in [-0.39, 0.29) is 0 Å². The number of benzene rings is 1. The van der Waals surface area contributed by atoms with Gasteiger partial charge in [0.15, 0.2) is 0 Å². The van der Waals surface area contributed by atoms with Crippen LogP contribution in [-0.2, 0) is 13.1 Å². The Morgan fingerprint density at radius 2 is 2.00 bits per heavy atom. The lowest BCUT2D eigenvalue weighted by Crippen LogP contribution is -2.13. The van der Waals surface area contributed by atoms with Crippen LogP contribution < -0.4 is 5.32 Å². The van der Waals surface area contributed by atoms with Crippen molar-refractivity contribution < 1.29 is 0 Å². The van der Waals surface area contributed by atoms with E-state index >= 15 is 0 Å². The van der Waals surface area contributed by atoms with Crippen LogP contribution in [0.4, 0.5) is 0 Å². The molecule has 2 rings (SSSR count). The minimum absolute atomic E-state index is 0.343. The van der Waals surface area contributed by atoms with E-state index in [0.29, 0.717) is 5.41 Å². The number of aryl methyl sites for hydroxylation is 1. The summed E-state index contributed by atoms with van der Waals surface area (Å²) in [7, 11) is 0. The highest BCUT2D eigenvalue weighted by Gasteiger charge is 2.13. The van der Waals surface area contributed by atoms with E-state index in [1.165, 1.54) is 16.5 Å². The Balaban J connectivity index is 2.28. The molecule has 0 radical (unpaired) electrons. The van der Waals surface area contributed by atoms with Gasteiger partial charge in [0, 0.05) is 35.2 Å². The molecule has 0 aliphatic rings. The van der Waals surface area contributed by atoms with Crippen molar-refractivity contribution in [2.75, 3.05) is 6.54 Å². The van der Waals surface area contributed by atoms with E-state index in [0.717, 1.165) is 37.5 Å². The summed E-state index contributed by atoms with van der Waals surface area (Å²) >= 11 is 6.19. The fraction of sp³-hybridized carbons (Fsp3) is 0.556. The van der Waals surface area contributed by atoms with Crippen LogP contribution >= 0.6 is 11.6 Å². The summed E-state index contributed by atoms with van der Waals surface area (Å²) in [6.45, 7) is 12.1. The summed E-state index contributed by atoms with van der Waals surface area (Å²) in [6, 6.07) is 6.22. The third-order valence-corrected chi connectivity index (χ3v) is 4.01. The number of halogens is 1. The molecule has 0 saturated heterocycles. The van der Waals surface area contributed by atoms with Gasteiger partial charge in [-0.15, -0.1) is 0 Å². The van der Waals surface area contributed by atoms with Crippen molar-refractivity contribution in [1.29, 1.82) is 0 Å². The van der Waals surface area contributed by atoms with Crippen LogP contribution in [0.5, 0.6) is 0 Å². The largest absolute Gasteiger partial charge is 0.347 e. The van der Waals surface area contributed by atoms with Crippen molar-refractivity contribution in [3.63, 3.8) is 0 Å². The van der Waals surface area contributed by atoms with E-state index < -0.39 is 0 Å². The monoisotopic (exact) mass is 306 g/mol. The maximum Gasteiger partial charge on any atom is 0.0498 e. The Hall–Kier alpha value is -0.990. The molecule has 0 saturated carbocycles. The molecule has 0 bridgehead atoms. The Kier molecular flexibility index (Phi) is 5.34. The number of aromatic nitrogens is 1. The molecule has 0 aliphatic carbocycles. The van der Waals surface area contributed by atoms with Gasteiger partial charge in [-0.1, -0.05) is 45.4 Å².